The number of carbonyl (C=O) groups excluding carboxylic acids is 4. The van der Waals surface area contributed by atoms with Gasteiger partial charge in [-0.1, -0.05) is 41.4 Å². The number of benzene rings is 1. The Hall–Kier alpha value is -2.38. The lowest BCUT2D eigenvalue weighted by Crippen LogP contribution is -2.48. The molecule has 1 fully saturated rings. The fourth-order valence-electron chi connectivity index (χ4n) is 4.20. The lowest BCUT2D eigenvalue weighted by molar-refractivity contribution is -0.143. The van der Waals surface area contributed by atoms with Crippen molar-refractivity contribution in [3.63, 3.8) is 0 Å². The Morgan fingerprint density at radius 2 is 1.69 bits per heavy atom. The number of likely N-dealkylation sites (tertiary alicyclic amines) is 1. The van der Waals surface area contributed by atoms with Crippen molar-refractivity contribution in [3.05, 3.63) is 46.0 Å². The van der Waals surface area contributed by atoms with Crippen LogP contribution in [0.2, 0.25) is 10.0 Å². The molecule has 1 saturated heterocycles. The minimum atomic E-state index is -0.786. The molecule has 1 aliphatic heterocycles. The van der Waals surface area contributed by atoms with Gasteiger partial charge in [-0.2, -0.15) is 0 Å². The number of nitrogens with one attached hydrogen (secondary N) is 1. The van der Waals surface area contributed by atoms with E-state index in [9.17, 15) is 19.2 Å². The third-order valence-corrected chi connectivity index (χ3v) is 6.76. The molecule has 1 aromatic rings. The standard InChI is InChI=1S/C23H27Cl2N3O4/c1-3-26-21(30)14(2)28(13-17-18(24)9-6-10-19(17)25)20(29)11-12-27-22(31)15-7-4-5-8-16(15)23(27)32/h4-6,9-10,14-16H,3,7-8,11-13H2,1-2H3,(H,26,30)/t14-,15-,16+/m1/s1. The molecule has 0 aromatic heterocycles. The van der Waals surface area contributed by atoms with E-state index in [1.54, 1.807) is 32.0 Å². The topological polar surface area (TPSA) is 86.8 Å². The molecule has 1 aromatic carbocycles. The van der Waals surface area contributed by atoms with E-state index >= 15 is 0 Å². The van der Waals surface area contributed by atoms with Crippen molar-refractivity contribution in [1.29, 1.82) is 0 Å². The van der Waals surface area contributed by atoms with Crippen LogP contribution >= 0.6 is 23.2 Å². The number of fused-ring (bicyclic) bond motifs is 1. The normalized spacial score (nSPS) is 20.8. The summed E-state index contributed by atoms with van der Waals surface area (Å²) in [6.07, 6.45) is 4.85. The SMILES string of the molecule is CCNC(=O)[C@@H](C)N(Cc1c(Cl)cccc1Cl)C(=O)CCN1C(=O)[C@H]2CC=CC[C@H]2C1=O. The lowest BCUT2D eigenvalue weighted by atomic mass is 9.85. The second-order valence-corrected chi connectivity index (χ2v) is 8.84. The first-order valence-electron chi connectivity index (χ1n) is 10.8. The molecule has 1 aliphatic carbocycles. The van der Waals surface area contributed by atoms with Gasteiger partial charge in [-0.3, -0.25) is 24.1 Å². The predicted molar refractivity (Wildman–Crippen MR) is 122 cm³/mol. The Kier molecular flexibility index (Phi) is 7.96. The molecular weight excluding hydrogens is 453 g/mol. The van der Waals surface area contributed by atoms with Crippen molar-refractivity contribution in [3.8, 4) is 0 Å². The molecule has 1 heterocycles. The Labute approximate surface area is 197 Å². The van der Waals surface area contributed by atoms with Gasteiger partial charge in [-0.25, -0.2) is 0 Å². The van der Waals surface area contributed by atoms with Gasteiger partial charge in [0.2, 0.25) is 23.6 Å². The maximum Gasteiger partial charge on any atom is 0.242 e. The first kappa shape index (κ1) is 24.3. The number of imide groups is 1. The second kappa shape index (κ2) is 10.5. The van der Waals surface area contributed by atoms with Crippen molar-refractivity contribution < 1.29 is 19.2 Å². The van der Waals surface area contributed by atoms with E-state index in [0.29, 0.717) is 35.0 Å². The highest BCUT2D eigenvalue weighted by molar-refractivity contribution is 6.36. The molecule has 0 unspecified atom stereocenters. The highest BCUT2D eigenvalue weighted by Crippen LogP contribution is 2.35. The molecule has 1 N–H and O–H groups in total. The van der Waals surface area contributed by atoms with Gasteiger partial charge in [0.15, 0.2) is 0 Å². The average molecular weight is 480 g/mol. The number of nitrogens with zero attached hydrogens (tertiary/aromatic N) is 2. The molecule has 172 valence electrons. The van der Waals surface area contributed by atoms with Crippen LogP contribution in [-0.2, 0) is 25.7 Å². The Morgan fingerprint density at radius 1 is 1.12 bits per heavy atom. The Balaban J connectivity index is 1.75. The average Bonchev–Trinajstić information content (AvgIpc) is 3.01. The van der Waals surface area contributed by atoms with Gasteiger partial charge in [-0.05, 0) is 38.8 Å². The van der Waals surface area contributed by atoms with Crippen LogP contribution in [0.4, 0.5) is 0 Å². The van der Waals surface area contributed by atoms with Crippen LogP contribution in [0.25, 0.3) is 0 Å². The fourth-order valence-corrected chi connectivity index (χ4v) is 4.72. The first-order chi connectivity index (χ1) is 15.3. The third-order valence-electron chi connectivity index (χ3n) is 6.06. The molecular formula is C23H27Cl2N3O4. The molecule has 0 saturated carbocycles. The third kappa shape index (κ3) is 4.99. The second-order valence-electron chi connectivity index (χ2n) is 8.03. The van der Waals surface area contributed by atoms with Crippen LogP contribution in [-0.4, -0.2) is 52.6 Å². The molecule has 0 spiro atoms. The highest BCUT2D eigenvalue weighted by atomic mass is 35.5. The number of likely N-dealkylation sites (N-methyl/N-ethyl adjacent to an activating group) is 1. The van der Waals surface area contributed by atoms with E-state index < -0.39 is 6.04 Å². The number of halogens is 2. The lowest BCUT2D eigenvalue weighted by Gasteiger charge is -2.30. The van der Waals surface area contributed by atoms with Gasteiger partial charge >= 0.3 is 0 Å². The molecule has 2 aliphatic rings. The zero-order valence-corrected chi connectivity index (χ0v) is 19.7. The maximum atomic E-state index is 13.2. The number of carbonyl (C=O) groups is 4. The van der Waals surface area contributed by atoms with Crippen LogP contribution in [0.1, 0.15) is 38.7 Å². The van der Waals surface area contributed by atoms with E-state index in [2.05, 4.69) is 5.32 Å². The van der Waals surface area contributed by atoms with Crippen molar-refractivity contribution >= 4 is 46.8 Å². The quantitative estimate of drug-likeness (QED) is 0.458. The number of amides is 4. The zero-order valence-electron chi connectivity index (χ0n) is 18.1. The van der Waals surface area contributed by atoms with E-state index in [4.69, 9.17) is 23.2 Å². The van der Waals surface area contributed by atoms with Gasteiger partial charge in [0.1, 0.15) is 6.04 Å². The van der Waals surface area contributed by atoms with Crippen molar-refractivity contribution in [2.24, 2.45) is 11.8 Å². The monoisotopic (exact) mass is 479 g/mol. The van der Waals surface area contributed by atoms with Crippen molar-refractivity contribution in [2.75, 3.05) is 13.1 Å². The molecule has 3 atom stereocenters. The van der Waals surface area contributed by atoms with Crippen LogP contribution in [0.5, 0.6) is 0 Å². The summed E-state index contributed by atoms with van der Waals surface area (Å²) in [7, 11) is 0. The minimum Gasteiger partial charge on any atom is -0.355 e. The van der Waals surface area contributed by atoms with E-state index in [1.165, 1.54) is 9.80 Å². The number of hydrogen-bond acceptors (Lipinski definition) is 4. The summed E-state index contributed by atoms with van der Waals surface area (Å²) in [6, 6.07) is 4.25. The van der Waals surface area contributed by atoms with E-state index in [-0.39, 0.29) is 55.0 Å². The van der Waals surface area contributed by atoms with Crippen LogP contribution in [0.3, 0.4) is 0 Å². The largest absolute Gasteiger partial charge is 0.355 e. The Morgan fingerprint density at radius 3 is 2.22 bits per heavy atom. The summed E-state index contributed by atoms with van der Waals surface area (Å²) in [6.45, 7) is 3.86. The molecule has 4 amide bonds. The Bertz CT molecular complexity index is 903. The van der Waals surface area contributed by atoms with Crippen LogP contribution in [0.15, 0.2) is 30.4 Å². The predicted octanol–water partition coefficient (Wildman–Crippen LogP) is 3.19. The summed E-state index contributed by atoms with van der Waals surface area (Å²) < 4.78 is 0. The summed E-state index contributed by atoms with van der Waals surface area (Å²) in [5, 5.41) is 3.49. The summed E-state index contributed by atoms with van der Waals surface area (Å²) >= 11 is 12.6. The van der Waals surface area contributed by atoms with Gasteiger partial charge in [0, 0.05) is 41.7 Å². The van der Waals surface area contributed by atoms with Gasteiger partial charge in [0.25, 0.3) is 0 Å². The van der Waals surface area contributed by atoms with Crippen molar-refractivity contribution in [2.45, 2.75) is 45.7 Å². The molecule has 32 heavy (non-hydrogen) atoms. The number of hydrogen-bond donors (Lipinski definition) is 1. The molecule has 9 heteroatoms. The smallest absolute Gasteiger partial charge is 0.242 e. The number of rotatable bonds is 8. The van der Waals surface area contributed by atoms with Gasteiger partial charge < -0.3 is 10.2 Å². The summed E-state index contributed by atoms with van der Waals surface area (Å²) in [5.74, 6) is -1.81. The number of allylic oxidation sites excluding steroid dienone is 2. The molecule has 0 radical (unpaired) electrons. The summed E-state index contributed by atoms with van der Waals surface area (Å²) in [4.78, 5) is 53.6. The van der Waals surface area contributed by atoms with Crippen LogP contribution in [0, 0.1) is 11.8 Å². The molecule has 0 bridgehead atoms. The molecule has 3 rings (SSSR count). The zero-order chi connectivity index (χ0) is 23.4. The van der Waals surface area contributed by atoms with E-state index in [0.717, 1.165) is 0 Å². The van der Waals surface area contributed by atoms with Crippen molar-refractivity contribution in [1.82, 2.24) is 15.1 Å². The molecule has 7 nitrogen and oxygen atoms in total. The fraction of sp³-hybridized carbons (Fsp3) is 0.478. The van der Waals surface area contributed by atoms with Gasteiger partial charge in [-0.15, -0.1) is 0 Å². The van der Waals surface area contributed by atoms with Crippen LogP contribution < -0.4 is 5.32 Å². The van der Waals surface area contributed by atoms with E-state index in [1.807, 2.05) is 12.2 Å². The van der Waals surface area contributed by atoms with Gasteiger partial charge in [0.05, 0.1) is 11.8 Å². The first-order valence-corrected chi connectivity index (χ1v) is 11.5. The summed E-state index contributed by atoms with van der Waals surface area (Å²) in [5.41, 5.74) is 0.533. The maximum absolute atomic E-state index is 13.2. The highest BCUT2D eigenvalue weighted by Gasteiger charge is 2.47. The minimum absolute atomic E-state index is 0.0155.